The molecule has 0 saturated heterocycles. The first-order valence-electron chi connectivity index (χ1n) is 12.9. The van der Waals surface area contributed by atoms with Crippen LogP contribution in [0.15, 0.2) is 83.7 Å². The van der Waals surface area contributed by atoms with Crippen LogP contribution < -0.4 is 20.9 Å². The van der Waals surface area contributed by atoms with E-state index >= 15 is 0 Å². The number of aromatic nitrogens is 2. The molecule has 40 heavy (non-hydrogen) atoms. The van der Waals surface area contributed by atoms with Gasteiger partial charge in [0.15, 0.2) is 4.96 Å². The normalized spacial score (nSPS) is 10.9. The average Bonchev–Trinajstić information content (AvgIpc) is 3.34. The smallest absolute Gasteiger partial charge is 0.274 e. The lowest BCUT2D eigenvalue weighted by Gasteiger charge is -2.12. The third-order valence-electron chi connectivity index (χ3n) is 6.44. The molecule has 0 unspecified atom stereocenters. The Morgan fingerprint density at radius 1 is 0.900 bits per heavy atom. The molecule has 5 aromatic rings. The number of aryl methyl sites for hydroxylation is 2. The van der Waals surface area contributed by atoms with Crippen molar-refractivity contribution in [3.05, 3.63) is 117 Å². The van der Waals surface area contributed by atoms with Crippen LogP contribution in [0.3, 0.4) is 0 Å². The molecule has 0 radical (unpaired) electrons. The van der Waals surface area contributed by atoms with Gasteiger partial charge in [-0.25, -0.2) is 9.38 Å². The van der Waals surface area contributed by atoms with Crippen molar-refractivity contribution in [3.8, 4) is 11.5 Å². The standard InChI is InChI=1S/C31H28N4O4S/c1-4-9-22-18-26(36)35-27(29(37)34-25-13-8-10-19(2)20(25)3)28(40-31(35)33-22)30(38)32-21-14-16-24(17-15-21)39-23-11-6-5-7-12-23/h5-8,10-18H,4,9H2,1-3H3,(H,32,38)(H,34,37). The van der Waals surface area contributed by atoms with Gasteiger partial charge in [0.2, 0.25) is 0 Å². The summed E-state index contributed by atoms with van der Waals surface area (Å²) < 4.78 is 7.04. The summed E-state index contributed by atoms with van der Waals surface area (Å²) in [5.74, 6) is 0.224. The van der Waals surface area contributed by atoms with Gasteiger partial charge in [-0.15, -0.1) is 0 Å². The first-order chi connectivity index (χ1) is 19.3. The van der Waals surface area contributed by atoms with Crippen molar-refractivity contribution in [1.82, 2.24) is 9.38 Å². The molecular weight excluding hydrogens is 524 g/mol. The van der Waals surface area contributed by atoms with Gasteiger partial charge in [-0.1, -0.05) is 55.0 Å². The van der Waals surface area contributed by atoms with Crippen molar-refractivity contribution in [2.75, 3.05) is 10.6 Å². The number of amides is 2. The predicted molar refractivity (Wildman–Crippen MR) is 158 cm³/mol. The van der Waals surface area contributed by atoms with Crippen LogP contribution in [0.1, 0.15) is 50.3 Å². The Balaban J connectivity index is 1.48. The van der Waals surface area contributed by atoms with Gasteiger partial charge >= 0.3 is 0 Å². The number of nitrogens with zero attached hydrogens (tertiary/aromatic N) is 2. The molecule has 0 aliphatic rings. The minimum atomic E-state index is -0.566. The number of carbonyl (C=O) groups is 2. The van der Waals surface area contributed by atoms with E-state index in [9.17, 15) is 14.4 Å². The van der Waals surface area contributed by atoms with Crippen LogP contribution in [0, 0.1) is 13.8 Å². The molecule has 0 aliphatic heterocycles. The van der Waals surface area contributed by atoms with Crippen LogP contribution >= 0.6 is 11.3 Å². The minimum Gasteiger partial charge on any atom is -0.457 e. The summed E-state index contributed by atoms with van der Waals surface area (Å²) in [4.78, 5) is 45.3. The molecule has 2 N–H and O–H groups in total. The number of carbonyl (C=O) groups excluding carboxylic acids is 2. The van der Waals surface area contributed by atoms with Crippen molar-refractivity contribution < 1.29 is 14.3 Å². The highest BCUT2D eigenvalue weighted by molar-refractivity contribution is 7.19. The van der Waals surface area contributed by atoms with E-state index in [0.717, 1.165) is 28.9 Å². The molecule has 5 rings (SSSR count). The maximum absolute atomic E-state index is 13.6. The Hall–Kier alpha value is -4.76. The highest BCUT2D eigenvalue weighted by atomic mass is 32.1. The van der Waals surface area contributed by atoms with Crippen LogP contribution in [0.4, 0.5) is 11.4 Å². The largest absolute Gasteiger partial charge is 0.457 e. The molecule has 0 aliphatic carbocycles. The van der Waals surface area contributed by atoms with E-state index in [1.165, 1.54) is 10.5 Å². The first kappa shape index (κ1) is 26.8. The fourth-order valence-corrected chi connectivity index (χ4v) is 5.29. The lowest BCUT2D eigenvalue weighted by molar-refractivity contribution is 0.0989. The highest BCUT2D eigenvalue weighted by Crippen LogP contribution is 2.27. The summed E-state index contributed by atoms with van der Waals surface area (Å²) in [6.07, 6.45) is 1.43. The maximum Gasteiger partial charge on any atom is 0.274 e. The summed E-state index contributed by atoms with van der Waals surface area (Å²) in [7, 11) is 0. The Labute approximate surface area is 235 Å². The zero-order valence-corrected chi connectivity index (χ0v) is 23.2. The molecule has 3 aromatic carbocycles. The van der Waals surface area contributed by atoms with Gasteiger partial charge < -0.3 is 15.4 Å². The Morgan fingerprint density at radius 2 is 1.62 bits per heavy atom. The number of anilines is 2. The predicted octanol–water partition coefficient (Wildman–Crippen LogP) is 6.62. The molecule has 2 aromatic heterocycles. The van der Waals surface area contributed by atoms with Crippen LogP contribution in [0.2, 0.25) is 0 Å². The van der Waals surface area contributed by atoms with Gasteiger partial charge in [0.05, 0.1) is 0 Å². The summed E-state index contributed by atoms with van der Waals surface area (Å²) in [5.41, 5.74) is 3.18. The monoisotopic (exact) mass is 552 g/mol. The van der Waals surface area contributed by atoms with Crippen molar-refractivity contribution in [3.63, 3.8) is 0 Å². The number of nitrogens with one attached hydrogen (secondary N) is 2. The number of ether oxygens (including phenoxy) is 1. The number of rotatable bonds is 8. The SMILES string of the molecule is CCCc1cc(=O)n2c(C(=O)Nc3cccc(C)c3C)c(C(=O)Nc3ccc(Oc4ccccc4)cc3)sc2n1. The molecule has 9 heteroatoms. The third-order valence-corrected chi connectivity index (χ3v) is 7.48. The lowest BCUT2D eigenvalue weighted by Crippen LogP contribution is -2.25. The van der Waals surface area contributed by atoms with E-state index in [1.54, 1.807) is 30.3 Å². The van der Waals surface area contributed by atoms with Crippen molar-refractivity contribution in [2.45, 2.75) is 33.6 Å². The number of hydrogen-bond donors (Lipinski definition) is 2. The van der Waals surface area contributed by atoms with Gasteiger partial charge in [-0.3, -0.25) is 14.4 Å². The second-order valence-corrected chi connectivity index (χ2v) is 10.3. The van der Waals surface area contributed by atoms with E-state index in [4.69, 9.17) is 4.74 Å². The van der Waals surface area contributed by atoms with Crippen molar-refractivity contribution >= 4 is 39.5 Å². The fraction of sp³-hybridized carbons (Fsp3) is 0.161. The molecule has 2 amide bonds. The maximum atomic E-state index is 13.6. The number of para-hydroxylation sites is 1. The summed E-state index contributed by atoms with van der Waals surface area (Å²) in [5, 5.41) is 5.73. The minimum absolute atomic E-state index is 0.0528. The Bertz CT molecular complexity index is 1760. The highest BCUT2D eigenvalue weighted by Gasteiger charge is 2.27. The molecule has 0 fully saturated rings. The van der Waals surface area contributed by atoms with E-state index in [0.29, 0.717) is 39.9 Å². The zero-order valence-electron chi connectivity index (χ0n) is 22.4. The fourth-order valence-electron chi connectivity index (χ4n) is 4.25. The van der Waals surface area contributed by atoms with E-state index in [1.807, 2.05) is 63.2 Å². The summed E-state index contributed by atoms with van der Waals surface area (Å²) in [6.45, 7) is 5.85. The molecular formula is C31H28N4O4S. The number of thiazole rings is 1. The van der Waals surface area contributed by atoms with Gasteiger partial charge in [0, 0.05) is 23.1 Å². The van der Waals surface area contributed by atoms with Crippen LogP contribution in [-0.4, -0.2) is 21.2 Å². The second kappa shape index (κ2) is 11.5. The molecule has 0 saturated carbocycles. The van der Waals surface area contributed by atoms with Gasteiger partial charge in [-0.05, 0) is 73.9 Å². The van der Waals surface area contributed by atoms with Gasteiger partial charge in [-0.2, -0.15) is 0 Å². The number of hydrogen-bond acceptors (Lipinski definition) is 6. The van der Waals surface area contributed by atoms with Gasteiger partial charge in [0.25, 0.3) is 17.4 Å². The van der Waals surface area contributed by atoms with Gasteiger partial charge in [0.1, 0.15) is 22.1 Å². The van der Waals surface area contributed by atoms with E-state index in [2.05, 4.69) is 15.6 Å². The molecule has 8 nitrogen and oxygen atoms in total. The Kier molecular flexibility index (Phi) is 7.75. The van der Waals surface area contributed by atoms with Crippen LogP contribution in [0.5, 0.6) is 11.5 Å². The summed E-state index contributed by atoms with van der Waals surface area (Å²) >= 11 is 1.01. The van der Waals surface area contributed by atoms with E-state index in [-0.39, 0.29) is 10.6 Å². The van der Waals surface area contributed by atoms with Crippen LogP contribution in [0.25, 0.3) is 4.96 Å². The quantitative estimate of drug-likeness (QED) is 0.225. The number of benzene rings is 3. The molecule has 2 heterocycles. The molecule has 0 bridgehead atoms. The topological polar surface area (TPSA) is 102 Å². The zero-order chi connectivity index (χ0) is 28.2. The average molecular weight is 553 g/mol. The van der Waals surface area contributed by atoms with E-state index < -0.39 is 17.4 Å². The Morgan fingerprint density at radius 3 is 2.35 bits per heavy atom. The molecule has 0 spiro atoms. The molecule has 0 atom stereocenters. The molecule has 202 valence electrons. The number of fused-ring (bicyclic) bond motifs is 1. The van der Waals surface area contributed by atoms with Crippen molar-refractivity contribution in [2.24, 2.45) is 0 Å². The van der Waals surface area contributed by atoms with Crippen LogP contribution in [-0.2, 0) is 6.42 Å². The summed E-state index contributed by atoms with van der Waals surface area (Å²) in [6, 6.07) is 23.3. The first-order valence-corrected chi connectivity index (χ1v) is 13.7. The van der Waals surface area contributed by atoms with Crippen molar-refractivity contribution in [1.29, 1.82) is 0 Å². The third kappa shape index (κ3) is 5.64. The lowest BCUT2D eigenvalue weighted by atomic mass is 10.1. The second-order valence-electron chi connectivity index (χ2n) is 9.33.